The number of unbranched alkanes of at least 4 members (excludes halogenated alkanes) is 5. The van der Waals surface area contributed by atoms with Gasteiger partial charge in [0.15, 0.2) is 0 Å². The predicted molar refractivity (Wildman–Crippen MR) is 49.0 cm³/mol. The number of hydrogen-bond donors (Lipinski definition) is 0. The van der Waals surface area contributed by atoms with E-state index in [1.165, 1.54) is 19.3 Å². The van der Waals surface area contributed by atoms with Crippen molar-refractivity contribution in [1.29, 1.82) is 0 Å². The average Bonchev–Trinajstić information content (AvgIpc) is 2.01. The first-order valence-electron chi connectivity index (χ1n) is 4.66. The van der Waals surface area contributed by atoms with Crippen molar-refractivity contribution in [3.8, 4) is 0 Å². The summed E-state index contributed by atoms with van der Waals surface area (Å²) in [5.74, 6) is 0. The van der Waals surface area contributed by atoms with Gasteiger partial charge >= 0.3 is 18.9 Å². The van der Waals surface area contributed by atoms with E-state index in [9.17, 15) is 13.0 Å². The summed E-state index contributed by atoms with van der Waals surface area (Å²) in [6.07, 6.45) is 6.21. The van der Waals surface area contributed by atoms with Gasteiger partial charge in [0.1, 0.15) is 0 Å². The summed E-state index contributed by atoms with van der Waals surface area (Å²) >= 11 is 0. The van der Waals surface area contributed by atoms with Gasteiger partial charge in [-0.3, -0.25) is 4.18 Å². The Kier molecular flexibility index (Phi) is 12.1. The normalized spacial score (nSPS) is 11.0. The van der Waals surface area contributed by atoms with Gasteiger partial charge in [-0.15, -0.1) is 0 Å². The summed E-state index contributed by atoms with van der Waals surface area (Å²) in [7, 11) is -4.47. The van der Waals surface area contributed by atoms with Gasteiger partial charge in [0.25, 0.3) is 0 Å². The van der Waals surface area contributed by atoms with Crippen LogP contribution in [0.2, 0.25) is 0 Å². The second-order valence-corrected chi connectivity index (χ2v) is 4.05. The molecule has 0 bridgehead atoms. The van der Waals surface area contributed by atoms with E-state index in [-0.39, 0.29) is 25.5 Å². The van der Waals surface area contributed by atoms with E-state index < -0.39 is 10.4 Å². The summed E-state index contributed by atoms with van der Waals surface area (Å²) in [6, 6.07) is 0. The van der Waals surface area contributed by atoms with Gasteiger partial charge < -0.3 is 4.55 Å². The van der Waals surface area contributed by atoms with Crippen molar-refractivity contribution in [3.63, 3.8) is 0 Å². The summed E-state index contributed by atoms with van der Waals surface area (Å²) in [6.45, 7) is 2.16. The standard InChI is InChI=1S/C8H18O4S.Li/c1-2-3-4-5-6-7-8-12-13(9,10)11;/h2-8H2,1H3,(H,9,10,11);/q;+1/p-1. The van der Waals surface area contributed by atoms with Crippen LogP contribution in [0.1, 0.15) is 45.4 Å². The molecule has 0 radical (unpaired) electrons. The van der Waals surface area contributed by atoms with Crippen LogP contribution in [-0.4, -0.2) is 19.6 Å². The minimum absolute atomic E-state index is 0. The number of hydrogen-bond acceptors (Lipinski definition) is 4. The zero-order chi connectivity index (χ0) is 10.2. The van der Waals surface area contributed by atoms with Crippen LogP contribution in [0.3, 0.4) is 0 Å². The molecule has 0 saturated carbocycles. The minimum Gasteiger partial charge on any atom is -0.726 e. The zero-order valence-corrected chi connectivity index (χ0v) is 9.81. The summed E-state index contributed by atoms with van der Waals surface area (Å²) in [4.78, 5) is 0. The topological polar surface area (TPSA) is 66.4 Å². The predicted octanol–water partition coefficient (Wildman–Crippen LogP) is -1.17. The van der Waals surface area contributed by atoms with Crippen molar-refractivity contribution in [2.45, 2.75) is 45.4 Å². The van der Waals surface area contributed by atoms with Crippen molar-refractivity contribution < 1.29 is 36.0 Å². The molecule has 0 heterocycles. The molecule has 0 atom stereocenters. The van der Waals surface area contributed by atoms with Crippen molar-refractivity contribution in [3.05, 3.63) is 0 Å². The smallest absolute Gasteiger partial charge is 0.726 e. The molecule has 0 aliphatic rings. The maximum Gasteiger partial charge on any atom is 1.00 e. The van der Waals surface area contributed by atoms with E-state index >= 15 is 0 Å². The molecule has 0 aromatic carbocycles. The number of rotatable bonds is 8. The van der Waals surface area contributed by atoms with Gasteiger partial charge in [-0.1, -0.05) is 39.0 Å². The minimum atomic E-state index is -4.47. The molecule has 0 amide bonds. The summed E-state index contributed by atoms with van der Waals surface area (Å²) < 4.78 is 34.0. The molecule has 0 saturated heterocycles. The van der Waals surface area contributed by atoms with Crippen LogP contribution in [-0.2, 0) is 14.6 Å². The van der Waals surface area contributed by atoms with Crippen molar-refractivity contribution >= 4 is 10.4 Å². The Hall–Kier alpha value is 0.467. The quantitative estimate of drug-likeness (QED) is 0.222. The van der Waals surface area contributed by atoms with Gasteiger partial charge in [0.2, 0.25) is 10.4 Å². The molecule has 6 heteroatoms. The van der Waals surface area contributed by atoms with Crippen molar-refractivity contribution in [1.82, 2.24) is 0 Å². The second-order valence-electron chi connectivity index (χ2n) is 3.00. The molecule has 0 aromatic rings. The molecule has 0 spiro atoms. The van der Waals surface area contributed by atoms with E-state index in [1.807, 2.05) is 0 Å². The molecule has 4 nitrogen and oxygen atoms in total. The fourth-order valence-electron chi connectivity index (χ4n) is 1.04. The van der Waals surface area contributed by atoms with Crippen LogP contribution in [0.15, 0.2) is 0 Å². The molecule has 0 N–H and O–H groups in total. The Balaban J connectivity index is 0. The van der Waals surface area contributed by atoms with Crippen LogP contribution in [0, 0.1) is 0 Å². The Morgan fingerprint density at radius 3 is 2.07 bits per heavy atom. The first kappa shape index (κ1) is 16.9. The second kappa shape index (κ2) is 10.0. The molecule has 0 aliphatic heterocycles. The Labute approximate surface area is 98.5 Å². The Morgan fingerprint density at radius 2 is 1.57 bits per heavy atom. The van der Waals surface area contributed by atoms with Gasteiger partial charge in [-0.05, 0) is 6.42 Å². The maximum atomic E-state index is 9.99. The molecule has 80 valence electrons. The molecule has 0 aliphatic carbocycles. The van der Waals surface area contributed by atoms with Crippen LogP contribution in [0.25, 0.3) is 0 Å². The van der Waals surface area contributed by atoms with Crippen molar-refractivity contribution in [2.24, 2.45) is 0 Å². The molecule has 0 unspecified atom stereocenters. The molecular weight excluding hydrogens is 199 g/mol. The largest absolute Gasteiger partial charge is 1.00 e. The monoisotopic (exact) mass is 216 g/mol. The molecule has 0 rings (SSSR count). The van der Waals surface area contributed by atoms with E-state index in [1.54, 1.807) is 0 Å². The fraction of sp³-hybridized carbons (Fsp3) is 1.00. The SMILES string of the molecule is CCCCCCCCOS(=O)(=O)[O-].[Li+]. The Bertz CT molecular complexity index is 203. The first-order valence-corrected chi connectivity index (χ1v) is 6.00. The van der Waals surface area contributed by atoms with E-state index in [0.717, 1.165) is 12.8 Å². The van der Waals surface area contributed by atoms with Gasteiger partial charge in [-0.25, -0.2) is 8.42 Å². The van der Waals surface area contributed by atoms with Crippen LogP contribution >= 0.6 is 0 Å². The van der Waals surface area contributed by atoms with Gasteiger partial charge in [0, 0.05) is 0 Å². The van der Waals surface area contributed by atoms with E-state index in [2.05, 4.69) is 11.1 Å². The van der Waals surface area contributed by atoms with Gasteiger partial charge in [0.05, 0.1) is 6.61 Å². The fourth-order valence-corrected chi connectivity index (χ4v) is 1.37. The third kappa shape index (κ3) is 15.0. The third-order valence-electron chi connectivity index (χ3n) is 1.73. The molecule has 0 fully saturated rings. The van der Waals surface area contributed by atoms with Crippen molar-refractivity contribution in [2.75, 3.05) is 6.61 Å². The van der Waals surface area contributed by atoms with Gasteiger partial charge in [-0.2, -0.15) is 0 Å². The zero-order valence-electron chi connectivity index (χ0n) is 8.99. The molecule has 0 aromatic heterocycles. The Morgan fingerprint density at radius 1 is 1.07 bits per heavy atom. The third-order valence-corrected chi connectivity index (χ3v) is 2.18. The summed E-state index contributed by atoms with van der Waals surface area (Å²) in [5.41, 5.74) is 0. The maximum absolute atomic E-state index is 9.99. The summed E-state index contributed by atoms with van der Waals surface area (Å²) in [5, 5.41) is 0. The molecular formula is C8H17LiO4S. The van der Waals surface area contributed by atoms with Crippen LogP contribution < -0.4 is 18.9 Å². The van der Waals surface area contributed by atoms with E-state index in [0.29, 0.717) is 6.42 Å². The van der Waals surface area contributed by atoms with E-state index in [4.69, 9.17) is 0 Å². The molecule has 14 heavy (non-hydrogen) atoms. The average molecular weight is 216 g/mol. The van der Waals surface area contributed by atoms with Crippen LogP contribution in [0.4, 0.5) is 0 Å². The van der Waals surface area contributed by atoms with Crippen LogP contribution in [0.5, 0.6) is 0 Å². The first-order chi connectivity index (χ1) is 6.06.